The largest absolute Gasteiger partial charge is 0.448 e. The van der Waals surface area contributed by atoms with E-state index in [1.54, 1.807) is 0 Å². The van der Waals surface area contributed by atoms with E-state index in [-0.39, 0.29) is 22.8 Å². The van der Waals surface area contributed by atoms with Gasteiger partial charge in [0.05, 0.1) is 0 Å². The Morgan fingerprint density at radius 2 is 2.04 bits per heavy atom. The van der Waals surface area contributed by atoms with E-state index >= 15 is 0 Å². The fourth-order valence-corrected chi connectivity index (χ4v) is 2.24. The van der Waals surface area contributed by atoms with Crippen molar-refractivity contribution in [1.82, 2.24) is 15.6 Å². The summed E-state index contributed by atoms with van der Waals surface area (Å²) < 4.78 is 4.94. The minimum atomic E-state index is -1.15. The predicted molar refractivity (Wildman–Crippen MR) is 81.0 cm³/mol. The fraction of sp³-hybridized carbons (Fsp3) is 0.462. The van der Waals surface area contributed by atoms with Crippen molar-refractivity contribution in [1.29, 1.82) is 0 Å². The van der Waals surface area contributed by atoms with Crippen molar-refractivity contribution in [2.24, 2.45) is 0 Å². The lowest BCUT2D eigenvalue weighted by atomic mass is 10.3. The summed E-state index contributed by atoms with van der Waals surface area (Å²) in [7, 11) is 0. The Morgan fingerprint density at radius 1 is 1.35 bits per heavy atom. The van der Waals surface area contributed by atoms with Gasteiger partial charge >= 0.3 is 12.0 Å². The third kappa shape index (κ3) is 5.33. The molecule has 1 heterocycles. The molecule has 124 valence electrons. The zero-order valence-electron chi connectivity index (χ0n) is 12.5. The van der Waals surface area contributed by atoms with Gasteiger partial charge in [-0.3, -0.25) is 14.9 Å². The number of anilines is 1. The average Bonchev–Trinajstić information content (AvgIpc) is 3.13. The number of thiazole rings is 1. The maximum Gasteiger partial charge on any atom is 0.358 e. The molecule has 4 amide bonds. The smallest absolute Gasteiger partial charge is 0.358 e. The van der Waals surface area contributed by atoms with E-state index in [1.807, 2.05) is 0 Å². The number of hydrogen-bond acceptors (Lipinski definition) is 7. The number of rotatable bonds is 5. The Labute approximate surface area is 135 Å². The minimum absolute atomic E-state index is 0.0270. The Morgan fingerprint density at radius 3 is 2.65 bits per heavy atom. The lowest BCUT2D eigenvalue weighted by Crippen LogP contribution is -2.45. The molecule has 10 heteroatoms. The van der Waals surface area contributed by atoms with Crippen LogP contribution in [0.25, 0.3) is 0 Å². The van der Waals surface area contributed by atoms with Gasteiger partial charge in [-0.05, 0) is 19.8 Å². The number of aromatic nitrogens is 1. The molecule has 0 spiro atoms. The third-order valence-corrected chi connectivity index (χ3v) is 3.56. The highest BCUT2D eigenvalue weighted by molar-refractivity contribution is 7.14. The number of nitrogens with one attached hydrogen (secondary N) is 3. The van der Waals surface area contributed by atoms with E-state index in [0.717, 1.165) is 24.2 Å². The first kappa shape index (κ1) is 16.9. The van der Waals surface area contributed by atoms with Crippen LogP contribution in [-0.4, -0.2) is 40.9 Å². The van der Waals surface area contributed by atoms with Crippen LogP contribution in [0.4, 0.5) is 9.93 Å². The zero-order chi connectivity index (χ0) is 17.0. The summed E-state index contributed by atoms with van der Waals surface area (Å²) in [4.78, 5) is 49.8. The fourth-order valence-electron chi connectivity index (χ4n) is 1.51. The van der Waals surface area contributed by atoms with E-state index < -0.39 is 24.0 Å². The van der Waals surface area contributed by atoms with Crippen molar-refractivity contribution in [2.45, 2.75) is 38.8 Å². The SMILES string of the molecule is CC(=O)Nc1nc(C(=O)O[C@@H](C)C(=O)NC(=O)NC2CC2)cs1. The van der Waals surface area contributed by atoms with Crippen LogP contribution in [0.3, 0.4) is 0 Å². The highest BCUT2D eigenvalue weighted by Gasteiger charge is 2.26. The van der Waals surface area contributed by atoms with Crippen LogP contribution in [-0.2, 0) is 14.3 Å². The summed E-state index contributed by atoms with van der Waals surface area (Å²) in [6.45, 7) is 2.66. The maximum atomic E-state index is 11.9. The van der Waals surface area contributed by atoms with Gasteiger partial charge in [-0.25, -0.2) is 14.6 Å². The molecule has 1 aliphatic carbocycles. The molecule has 1 aromatic rings. The van der Waals surface area contributed by atoms with Crippen LogP contribution < -0.4 is 16.0 Å². The number of urea groups is 1. The van der Waals surface area contributed by atoms with E-state index in [2.05, 4.69) is 20.9 Å². The lowest BCUT2D eigenvalue weighted by molar-refractivity contribution is -0.127. The van der Waals surface area contributed by atoms with E-state index in [1.165, 1.54) is 19.2 Å². The molecule has 0 bridgehead atoms. The summed E-state index contributed by atoms with van der Waals surface area (Å²) in [6, 6.07) is -0.495. The molecule has 1 aromatic heterocycles. The molecule has 1 fully saturated rings. The second kappa shape index (κ2) is 7.18. The highest BCUT2D eigenvalue weighted by Crippen LogP contribution is 2.18. The van der Waals surface area contributed by atoms with Crippen molar-refractivity contribution < 1.29 is 23.9 Å². The summed E-state index contributed by atoms with van der Waals surface area (Å²) in [6.07, 6.45) is 0.637. The number of hydrogen-bond donors (Lipinski definition) is 3. The van der Waals surface area contributed by atoms with Gasteiger partial charge < -0.3 is 15.4 Å². The normalized spacial score (nSPS) is 14.5. The molecule has 0 saturated heterocycles. The van der Waals surface area contributed by atoms with E-state index in [9.17, 15) is 19.2 Å². The maximum absolute atomic E-state index is 11.9. The topological polar surface area (TPSA) is 126 Å². The Bertz CT molecular complexity index is 640. The molecule has 1 aliphatic rings. The van der Waals surface area contributed by atoms with Gasteiger partial charge in [0.15, 0.2) is 16.9 Å². The van der Waals surface area contributed by atoms with Gasteiger partial charge in [-0.2, -0.15) is 0 Å². The molecule has 9 nitrogen and oxygen atoms in total. The van der Waals surface area contributed by atoms with Crippen molar-refractivity contribution in [3.05, 3.63) is 11.1 Å². The molecular weight excluding hydrogens is 324 g/mol. The van der Waals surface area contributed by atoms with Crippen molar-refractivity contribution in [3.63, 3.8) is 0 Å². The number of carbonyl (C=O) groups excluding carboxylic acids is 4. The molecule has 0 unspecified atom stereocenters. The molecule has 2 rings (SSSR count). The van der Waals surface area contributed by atoms with Crippen LogP contribution in [0.1, 0.15) is 37.2 Å². The number of imide groups is 1. The first-order valence-corrected chi connectivity index (χ1v) is 7.78. The molecule has 0 aliphatic heterocycles. The Balaban J connectivity index is 1.83. The van der Waals surface area contributed by atoms with Crippen LogP contribution in [0.15, 0.2) is 5.38 Å². The van der Waals surface area contributed by atoms with Crippen LogP contribution in [0.5, 0.6) is 0 Å². The van der Waals surface area contributed by atoms with Gasteiger partial charge in [0.25, 0.3) is 5.91 Å². The van der Waals surface area contributed by atoms with Crippen molar-refractivity contribution in [2.75, 3.05) is 5.32 Å². The van der Waals surface area contributed by atoms with Crippen LogP contribution in [0.2, 0.25) is 0 Å². The van der Waals surface area contributed by atoms with Gasteiger partial charge in [-0.15, -0.1) is 11.3 Å². The number of amides is 4. The van der Waals surface area contributed by atoms with Crippen LogP contribution >= 0.6 is 11.3 Å². The van der Waals surface area contributed by atoms with E-state index in [4.69, 9.17) is 4.74 Å². The Hall–Kier alpha value is -2.49. The van der Waals surface area contributed by atoms with Gasteiger partial charge in [0.2, 0.25) is 5.91 Å². The highest BCUT2D eigenvalue weighted by atomic mass is 32.1. The molecular formula is C13H16N4O5S. The molecule has 3 N–H and O–H groups in total. The first-order chi connectivity index (χ1) is 10.8. The zero-order valence-corrected chi connectivity index (χ0v) is 13.4. The van der Waals surface area contributed by atoms with E-state index in [0.29, 0.717) is 0 Å². The third-order valence-electron chi connectivity index (χ3n) is 2.80. The molecule has 23 heavy (non-hydrogen) atoms. The quantitative estimate of drug-likeness (QED) is 0.675. The predicted octanol–water partition coefficient (Wildman–Crippen LogP) is 0.635. The standard InChI is InChI=1S/C13H16N4O5S/c1-6(10(19)17-12(21)15-8-3-4-8)22-11(20)9-5-23-13(16-9)14-7(2)18/h5-6,8H,3-4H2,1-2H3,(H,14,16,18)(H2,15,17,19,21)/t6-/m0/s1. The lowest BCUT2D eigenvalue weighted by Gasteiger charge is -2.12. The monoisotopic (exact) mass is 340 g/mol. The second-order valence-electron chi connectivity index (χ2n) is 5.00. The Kier molecular flexibility index (Phi) is 5.27. The summed E-state index contributed by atoms with van der Waals surface area (Å²) >= 11 is 1.06. The minimum Gasteiger partial charge on any atom is -0.448 e. The van der Waals surface area contributed by atoms with Crippen molar-refractivity contribution >= 4 is 40.3 Å². The molecule has 0 radical (unpaired) electrons. The van der Waals surface area contributed by atoms with Gasteiger partial charge in [-0.1, -0.05) is 0 Å². The molecule has 1 atom stereocenters. The second-order valence-corrected chi connectivity index (χ2v) is 5.86. The first-order valence-electron chi connectivity index (χ1n) is 6.90. The van der Waals surface area contributed by atoms with Crippen molar-refractivity contribution in [3.8, 4) is 0 Å². The average molecular weight is 340 g/mol. The number of carbonyl (C=O) groups is 4. The summed E-state index contributed by atoms with van der Waals surface area (Å²) in [5, 5.41) is 8.77. The summed E-state index contributed by atoms with van der Waals surface area (Å²) in [5.74, 6) is -1.86. The molecule has 0 aromatic carbocycles. The van der Waals surface area contributed by atoms with Crippen LogP contribution in [0, 0.1) is 0 Å². The summed E-state index contributed by atoms with van der Waals surface area (Å²) in [5.41, 5.74) is -0.0270. The number of ether oxygens (including phenoxy) is 1. The number of nitrogens with zero attached hydrogens (tertiary/aromatic N) is 1. The van der Waals surface area contributed by atoms with Gasteiger partial charge in [0.1, 0.15) is 0 Å². The molecule has 1 saturated carbocycles. The van der Waals surface area contributed by atoms with Gasteiger partial charge in [0, 0.05) is 18.3 Å². The number of esters is 1.